The summed E-state index contributed by atoms with van der Waals surface area (Å²) in [6.45, 7) is 0. The second-order valence-corrected chi connectivity index (χ2v) is 15.4. The van der Waals surface area contributed by atoms with Crippen LogP contribution in [0.15, 0.2) is 212 Å². The van der Waals surface area contributed by atoms with Crippen LogP contribution in [0, 0.1) is 0 Å². The van der Waals surface area contributed by atoms with Crippen molar-refractivity contribution in [3.05, 3.63) is 212 Å². The summed E-state index contributed by atoms with van der Waals surface area (Å²) in [5.74, 6) is 0. The van der Waals surface area contributed by atoms with Gasteiger partial charge in [0.25, 0.3) is 0 Å². The van der Waals surface area contributed by atoms with Crippen LogP contribution in [0.5, 0.6) is 0 Å². The predicted octanol–water partition coefficient (Wildman–Crippen LogP) is 14.9. The maximum absolute atomic E-state index is 5.23. The first-order valence-corrected chi connectivity index (χ1v) is 20.1. The number of para-hydroxylation sites is 1. The second kappa shape index (κ2) is 13.4. The van der Waals surface area contributed by atoms with E-state index in [0.29, 0.717) is 0 Å². The van der Waals surface area contributed by atoms with Gasteiger partial charge in [0.05, 0.1) is 39.6 Å². The Kier molecular flexibility index (Phi) is 7.54. The fourth-order valence-electron chi connectivity index (χ4n) is 9.14. The van der Waals surface area contributed by atoms with E-state index >= 15 is 0 Å². The normalized spacial score (nSPS) is 11.7. The van der Waals surface area contributed by atoms with E-state index in [1.807, 2.05) is 6.20 Å². The summed E-state index contributed by atoms with van der Waals surface area (Å²) in [4.78, 5) is 10.2. The first-order valence-electron chi connectivity index (χ1n) is 20.1. The Morgan fingerprint density at radius 3 is 1.51 bits per heavy atom. The molecule has 0 saturated heterocycles. The van der Waals surface area contributed by atoms with E-state index in [2.05, 4.69) is 211 Å². The van der Waals surface area contributed by atoms with Gasteiger partial charge in [-0.05, 0) is 73.8 Å². The van der Waals surface area contributed by atoms with Gasteiger partial charge in [-0.1, -0.05) is 182 Å². The summed E-state index contributed by atoms with van der Waals surface area (Å²) in [7, 11) is 0. The molecule has 0 aliphatic heterocycles. The van der Waals surface area contributed by atoms with Crippen LogP contribution in [0.2, 0.25) is 0 Å². The van der Waals surface area contributed by atoms with Gasteiger partial charge in [-0.2, -0.15) is 0 Å². The molecule has 2 aromatic heterocycles. The van der Waals surface area contributed by atoms with Crippen LogP contribution < -0.4 is 0 Å². The lowest BCUT2D eigenvalue weighted by molar-refractivity contribution is 1.20. The van der Waals surface area contributed by atoms with Crippen molar-refractivity contribution in [2.75, 3.05) is 0 Å². The van der Waals surface area contributed by atoms with Crippen molar-refractivity contribution >= 4 is 65.2 Å². The Labute approximate surface area is 341 Å². The summed E-state index contributed by atoms with van der Waals surface area (Å²) in [6.07, 6.45) is 1.91. The molecule has 3 nitrogen and oxygen atoms in total. The van der Waals surface area contributed by atoms with E-state index in [4.69, 9.17) is 9.97 Å². The molecule has 0 aliphatic carbocycles. The maximum Gasteiger partial charge on any atom is 0.0979 e. The zero-order valence-electron chi connectivity index (χ0n) is 32.0. The monoisotopic (exact) mass is 749 g/mol. The third-order valence-electron chi connectivity index (χ3n) is 12.0. The van der Waals surface area contributed by atoms with Gasteiger partial charge in [0, 0.05) is 32.5 Å². The van der Waals surface area contributed by atoms with E-state index in [9.17, 15) is 0 Å². The summed E-state index contributed by atoms with van der Waals surface area (Å²) in [5, 5.41) is 9.65. The van der Waals surface area contributed by atoms with Gasteiger partial charge in [0.1, 0.15) is 0 Å². The SMILES string of the molecule is c1cc(-c2ccc(-c3ccc(-c4ccc5c6ccccc6n(-c6cccc7ccccc67)c5c4)cc3)cc2)cc(-c2cnc3c4ccccc4c4ccccc4c3n2)c1. The molecule has 3 heteroatoms. The van der Waals surface area contributed by atoms with E-state index in [-0.39, 0.29) is 0 Å². The molecule has 0 spiro atoms. The van der Waals surface area contributed by atoms with Gasteiger partial charge >= 0.3 is 0 Å². The molecule has 0 aliphatic rings. The average Bonchev–Trinajstić information content (AvgIpc) is 3.65. The number of hydrogen-bond acceptors (Lipinski definition) is 2. The lowest BCUT2D eigenvalue weighted by atomic mass is 9.96. The largest absolute Gasteiger partial charge is 0.309 e. The topological polar surface area (TPSA) is 30.7 Å². The highest BCUT2D eigenvalue weighted by molar-refractivity contribution is 6.23. The van der Waals surface area contributed by atoms with Crippen LogP contribution >= 0.6 is 0 Å². The van der Waals surface area contributed by atoms with Crippen molar-refractivity contribution in [3.63, 3.8) is 0 Å². The molecule has 12 rings (SSSR count). The molecule has 0 amide bonds. The number of fused-ring (bicyclic) bond motifs is 10. The third-order valence-corrected chi connectivity index (χ3v) is 12.0. The molecule has 0 unspecified atom stereocenters. The molecule has 0 radical (unpaired) electrons. The Bertz CT molecular complexity index is 3560. The summed E-state index contributed by atoms with van der Waals surface area (Å²) in [5.41, 5.74) is 14.5. The molecular weight excluding hydrogens is 715 g/mol. The lowest BCUT2D eigenvalue weighted by Gasteiger charge is -2.12. The Hall–Kier alpha value is -7.88. The van der Waals surface area contributed by atoms with Crippen molar-refractivity contribution in [1.82, 2.24) is 14.5 Å². The minimum Gasteiger partial charge on any atom is -0.309 e. The Balaban J connectivity index is 0.856. The molecule has 0 atom stereocenters. The highest BCUT2D eigenvalue weighted by atomic mass is 15.0. The fourth-order valence-corrected chi connectivity index (χ4v) is 9.14. The first-order chi connectivity index (χ1) is 29.2. The minimum atomic E-state index is 0.866. The number of benzene rings is 10. The quantitative estimate of drug-likeness (QED) is 0.164. The standard InChI is InChI=1S/C56H35N3/c1-2-15-44-40(11-1)12-10-22-52(44)59-53-21-8-7-18-47(53)48-32-31-42(34-54(48)59)39-29-25-37(26-30-39)36-23-27-38(28-24-36)41-13-9-14-43(33-41)51-35-57-55-49-19-5-3-16-45(49)46-17-4-6-20-50(46)56(55)58-51/h1-35H. The molecule has 12 aromatic rings. The van der Waals surface area contributed by atoms with Gasteiger partial charge < -0.3 is 4.57 Å². The molecule has 59 heavy (non-hydrogen) atoms. The van der Waals surface area contributed by atoms with Crippen LogP contribution in [0.1, 0.15) is 0 Å². The lowest BCUT2D eigenvalue weighted by Crippen LogP contribution is -1.95. The predicted molar refractivity (Wildman–Crippen MR) is 248 cm³/mol. The number of hydrogen-bond donors (Lipinski definition) is 0. The third kappa shape index (κ3) is 5.44. The van der Waals surface area contributed by atoms with Crippen LogP contribution in [-0.4, -0.2) is 14.5 Å². The Morgan fingerprint density at radius 2 is 0.797 bits per heavy atom. The van der Waals surface area contributed by atoms with Gasteiger partial charge in [-0.3, -0.25) is 4.98 Å². The van der Waals surface area contributed by atoms with Gasteiger partial charge in [-0.15, -0.1) is 0 Å². The van der Waals surface area contributed by atoms with E-state index < -0.39 is 0 Å². The van der Waals surface area contributed by atoms with Crippen LogP contribution in [0.25, 0.3) is 115 Å². The number of nitrogens with zero attached hydrogens (tertiary/aromatic N) is 3. The van der Waals surface area contributed by atoms with Crippen LogP contribution in [0.3, 0.4) is 0 Å². The fraction of sp³-hybridized carbons (Fsp3) is 0. The van der Waals surface area contributed by atoms with Crippen molar-refractivity contribution in [2.45, 2.75) is 0 Å². The van der Waals surface area contributed by atoms with Crippen molar-refractivity contribution < 1.29 is 0 Å². The first kappa shape index (κ1) is 33.3. The van der Waals surface area contributed by atoms with E-state index in [1.165, 1.54) is 71.3 Å². The smallest absolute Gasteiger partial charge is 0.0979 e. The molecular formula is C56H35N3. The van der Waals surface area contributed by atoms with Crippen molar-refractivity contribution in [1.29, 1.82) is 0 Å². The summed E-state index contributed by atoms with van der Waals surface area (Å²) >= 11 is 0. The minimum absolute atomic E-state index is 0.866. The van der Waals surface area contributed by atoms with Gasteiger partial charge in [0.15, 0.2) is 0 Å². The molecule has 10 aromatic carbocycles. The van der Waals surface area contributed by atoms with E-state index in [1.54, 1.807) is 0 Å². The Morgan fingerprint density at radius 1 is 0.305 bits per heavy atom. The van der Waals surface area contributed by atoms with Gasteiger partial charge in [-0.25, -0.2) is 4.98 Å². The van der Waals surface area contributed by atoms with Crippen molar-refractivity contribution in [2.24, 2.45) is 0 Å². The summed E-state index contributed by atoms with van der Waals surface area (Å²) in [6, 6.07) is 74.3. The molecule has 0 bridgehead atoms. The average molecular weight is 750 g/mol. The highest BCUT2D eigenvalue weighted by Gasteiger charge is 2.16. The molecule has 0 N–H and O–H groups in total. The van der Waals surface area contributed by atoms with E-state index in [0.717, 1.165) is 44.2 Å². The maximum atomic E-state index is 5.23. The molecule has 0 saturated carbocycles. The second-order valence-electron chi connectivity index (χ2n) is 15.4. The number of aromatic nitrogens is 3. The molecule has 2 heterocycles. The molecule has 274 valence electrons. The number of rotatable bonds is 5. The van der Waals surface area contributed by atoms with Crippen molar-refractivity contribution in [3.8, 4) is 50.3 Å². The zero-order valence-corrected chi connectivity index (χ0v) is 32.0. The molecule has 0 fully saturated rings. The van der Waals surface area contributed by atoms with Crippen LogP contribution in [-0.2, 0) is 0 Å². The summed E-state index contributed by atoms with van der Waals surface area (Å²) < 4.78 is 2.43. The highest BCUT2D eigenvalue weighted by Crippen LogP contribution is 2.38. The zero-order chi connectivity index (χ0) is 38.9. The van der Waals surface area contributed by atoms with Crippen LogP contribution in [0.4, 0.5) is 0 Å². The van der Waals surface area contributed by atoms with Gasteiger partial charge in [0.2, 0.25) is 0 Å².